The van der Waals surface area contributed by atoms with Crippen LogP contribution in [0.25, 0.3) is 0 Å². The lowest BCUT2D eigenvalue weighted by Gasteiger charge is -2.27. The number of nitrogens with two attached hydrogens (primary N) is 1. The van der Waals surface area contributed by atoms with Crippen molar-refractivity contribution in [3.05, 3.63) is 63.8 Å². The maximum absolute atomic E-state index is 13.4. The number of nitrogens with one attached hydrogen (secondary N) is 2. The summed E-state index contributed by atoms with van der Waals surface area (Å²) in [5.41, 5.74) is 7.95. The van der Waals surface area contributed by atoms with Gasteiger partial charge in [0.15, 0.2) is 0 Å². The summed E-state index contributed by atoms with van der Waals surface area (Å²) in [4.78, 5) is 75.3. The number of unbranched alkanes of at least 4 members (excludes halogenated alkanes) is 1. The third-order valence-corrected chi connectivity index (χ3v) is 8.72. The molecule has 244 valence electrons. The van der Waals surface area contributed by atoms with Crippen LogP contribution in [0.1, 0.15) is 34.6 Å². The fourth-order valence-electron chi connectivity index (χ4n) is 5.10. The van der Waals surface area contributed by atoms with E-state index in [1.54, 1.807) is 47.5 Å². The number of nitrogens with zero attached hydrogens (tertiary/aromatic N) is 4. The number of benzene rings is 1. The van der Waals surface area contributed by atoms with Crippen molar-refractivity contribution in [1.82, 2.24) is 20.2 Å². The van der Waals surface area contributed by atoms with Gasteiger partial charge in [0, 0.05) is 49.2 Å². The van der Waals surface area contributed by atoms with Gasteiger partial charge < -0.3 is 30.4 Å². The van der Waals surface area contributed by atoms with Crippen LogP contribution in [0.2, 0.25) is 4.34 Å². The number of carbonyl (C=O) groups is 5. The number of imide groups is 1. The number of amides is 5. The number of halogens is 1. The monoisotopic (exact) mass is 671 g/mol. The maximum Gasteiger partial charge on any atom is 0.414 e. The lowest BCUT2D eigenvalue weighted by atomic mass is 10.1. The molecular weight excluding hydrogens is 638 g/mol. The van der Waals surface area contributed by atoms with E-state index in [2.05, 4.69) is 15.3 Å². The molecule has 2 aliphatic rings. The highest BCUT2D eigenvalue weighted by molar-refractivity contribution is 7.18. The van der Waals surface area contributed by atoms with E-state index in [9.17, 15) is 24.0 Å². The number of cyclic esters (lactones) is 1. The Hall–Kier alpha value is -4.31. The van der Waals surface area contributed by atoms with Crippen molar-refractivity contribution in [3.8, 4) is 0 Å². The van der Waals surface area contributed by atoms with E-state index < -0.39 is 30.1 Å². The minimum atomic E-state index is -0.771. The third-order valence-electron chi connectivity index (χ3n) is 7.50. The Labute approximate surface area is 273 Å². The Morgan fingerprint density at radius 3 is 2.57 bits per heavy atom. The number of H-pyrrole nitrogens is 1. The van der Waals surface area contributed by atoms with E-state index in [1.807, 2.05) is 0 Å². The molecule has 5 amide bonds. The molecule has 1 aromatic carbocycles. The topological polar surface area (TPSA) is 180 Å². The Morgan fingerprint density at radius 2 is 1.89 bits per heavy atom. The number of thiophene rings is 1. The fourth-order valence-corrected chi connectivity index (χ4v) is 6.09. The second kappa shape index (κ2) is 15.3. The molecule has 0 bridgehead atoms. The van der Waals surface area contributed by atoms with Gasteiger partial charge in [-0.3, -0.25) is 29.0 Å². The maximum atomic E-state index is 13.4. The number of aromatic nitrogens is 2. The molecule has 4 N–H and O–H groups in total. The standard InChI is InChI=1S/C30H34ClN7O7S/c31-25-9-8-24(46-25)29(42)38(26(39)3-1-2-10-34-28(41)23(32)13-19-14-33-18-35-19)16-22-15-37(30(43)45-22)21-6-4-20(5-7-21)36-11-12-44-17-27(36)40/h4-9,14,18,22-23H,1-3,10-13,15-17,32H2,(H,33,35)(H,34,41)/t22-,23+/m1/s1. The van der Waals surface area contributed by atoms with Gasteiger partial charge in [-0.05, 0) is 49.2 Å². The number of carbonyl (C=O) groups excluding carboxylic acids is 5. The molecule has 5 rings (SSSR count). The first-order chi connectivity index (χ1) is 22.2. The highest BCUT2D eigenvalue weighted by Crippen LogP contribution is 2.27. The van der Waals surface area contributed by atoms with Crippen LogP contribution in [0.15, 0.2) is 48.9 Å². The Kier molecular flexibility index (Phi) is 11.0. The molecule has 2 aromatic heterocycles. The summed E-state index contributed by atoms with van der Waals surface area (Å²) in [6.07, 6.45) is 2.98. The van der Waals surface area contributed by atoms with Gasteiger partial charge in [0.2, 0.25) is 11.8 Å². The van der Waals surface area contributed by atoms with Crippen LogP contribution in [-0.2, 0) is 30.3 Å². The lowest BCUT2D eigenvalue weighted by Crippen LogP contribution is -2.43. The normalized spacial score (nSPS) is 17.1. The molecule has 0 radical (unpaired) electrons. The fraction of sp³-hybridized carbons (Fsp3) is 0.400. The zero-order valence-electron chi connectivity index (χ0n) is 24.9. The van der Waals surface area contributed by atoms with Crippen LogP contribution in [0.5, 0.6) is 0 Å². The summed E-state index contributed by atoms with van der Waals surface area (Å²) < 4.78 is 11.1. The van der Waals surface area contributed by atoms with Crippen molar-refractivity contribution in [2.75, 3.05) is 49.2 Å². The van der Waals surface area contributed by atoms with E-state index in [1.165, 1.54) is 11.2 Å². The third kappa shape index (κ3) is 8.28. The summed E-state index contributed by atoms with van der Waals surface area (Å²) in [5, 5.41) is 2.77. The smallest absolute Gasteiger partial charge is 0.414 e. The number of rotatable bonds is 13. The van der Waals surface area contributed by atoms with E-state index >= 15 is 0 Å². The molecule has 0 unspecified atom stereocenters. The zero-order valence-corrected chi connectivity index (χ0v) is 26.4. The molecule has 0 saturated carbocycles. The average Bonchev–Trinajstić information content (AvgIpc) is 3.81. The summed E-state index contributed by atoms with van der Waals surface area (Å²) >= 11 is 7.10. The lowest BCUT2D eigenvalue weighted by molar-refractivity contribution is -0.129. The van der Waals surface area contributed by atoms with Crippen LogP contribution in [0, 0.1) is 0 Å². The molecule has 2 fully saturated rings. The molecule has 0 spiro atoms. The molecule has 2 atom stereocenters. The number of morpholine rings is 1. The van der Waals surface area contributed by atoms with Crippen molar-refractivity contribution < 1.29 is 33.4 Å². The summed E-state index contributed by atoms with van der Waals surface area (Å²) in [6, 6.07) is 9.30. The number of hydrogen-bond acceptors (Lipinski definition) is 10. The van der Waals surface area contributed by atoms with Gasteiger partial charge in [-0.25, -0.2) is 9.78 Å². The van der Waals surface area contributed by atoms with E-state index in [-0.39, 0.29) is 42.8 Å². The number of aromatic amines is 1. The molecule has 46 heavy (non-hydrogen) atoms. The van der Waals surface area contributed by atoms with E-state index in [0.29, 0.717) is 54.7 Å². The van der Waals surface area contributed by atoms with Gasteiger partial charge in [0.1, 0.15) is 12.7 Å². The molecular formula is C30H34ClN7O7S. The minimum Gasteiger partial charge on any atom is -0.442 e. The Bertz CT molecular complexity index is 1550. The number of imidazole rings is 1. The first kappa shape index (κ1) is 33.1. The Morgan fingerprint density at radius 1 is 1.13 bits per heavy atom. The van der Waals surface area contributed by atoms with Gasteiger partial charge in [-0.1, -0.05) is 11.6 Å². The zero-order chi connectivity index (χ0) is 32.6. The van der Waals surface area contributed by atoms with Crippen LogP contribution in [0.3, 0.4) is 0 Å². The number of anilines is 2. The summed E-state index contributed by atoms with van der Waals surface area (Å²) in [6.45, 7) is 1.18. The predicted octanol–water partition coefficient (Wildman–Crippen LogP) is 2.34. The largest absolute Gasteiger partial charge is 0.442 e. The van der Waals surface area contributed by atoms with Gasteiger partial charge in [0.25, 0.3) is 11.8 Å². The predicted molar refractivity (Wildman–Crippen MR) is 170 cm³/mol. The highest BCUT2D eigenvalue weighted by atomic mass is 35.5. The molecule has 4 heterocycles. The van der Waals surface area contributed by atoms with E-state index in [0.717, 1.165) is 21.9 Å². The van der Waals surface area contributed by atoms with Crippen molar-refractivity contribution in [3.63, 3.8) is 0 Å². The van der Waals surface area contributed by atoms with Gasteiger partial charge in [-0.2, -0.15) is 0 Å². The van der Waals surface area contributed by atoms with Crippen molar-refractivity contribution >= 4 is 64.0 Å². The SMILES string of the molecule is N[C@@H](Cc1cnc[nH]1)C(=O)NCCCCC(=O)N(C[C@H]1CN(c2ccc(N3CCOCC3=O)cc2)C(=O)O1)C(=O)c1ccc(Cl)s1. The van der Waals surface area contributed by atoms with Crippen LogP contribution >= 0.6 is 22.9 Å². The molecule has 2 saturated heterocycles. The minimum absolute atomic E-state index is 0.0199. The average molecular weight is 672 g/mol. The molecule has 2 aliphatic heterocycles. The highest BCUT2D eigenvalue weighted by Gasteiger charge is 2.36. The van der Waals surface area contributed by atoms with Crippen molar-refractivity contribution in [2.45, 2.75) is 37.8 Å². The van der Waals surface area contributed by atoms with Crippen LogP contribution in [0.4, 0.5) is 16.2 Å². The van der Waals surface area contributed by atoms with Gasteiger partial charge >= 0.3 is 6.09 Å². The number of ether oxygens (including phenoxy) is 2. The second-order valence-electron chi connectivity index (χ2n) is 10.8. The molecule has 16 heteroatoms. The Balaban J connectivity index is 1.16. The van der Waals surface area contributed by atoms with Crippen molar-refractivity contribution in [1.29, 1.82) is 0 Å². The molecule has 0 aliphatic carbocycles. The molecule has 3 aromatic rings. The molecule has 14 nitrogen and oxygen atoms in total. The van der Waals surface area contributed by atoms with Crippen molar-refractivity contribution in [2.24, 2.45) is 5.73 Å². The van der Waals surface area contributed by atoms with Crippen LogP contribution in [-0.4, -0.2) is 96.1 Å². The number of hydrogen-bond donors (Lipinski definition) is 3. The quantitative estimate of drug-likeness (QED) is 0.230. The van der Waals surface area contributed by atoms with Crippen LogP contribution < -0.4 is 20.9 Å². The second-order valence-corrected chi connectivity index (χ2v) is 12.5. The summed E-state index contributed by atoms with van der Waals surface area (Å²) in [5.74, 6) is -1.43. The first-order valence-electron chi connectivity index (χ1n) is 14.8. The first-order valence-corrected chi connectivity index (χ1v) is 16.0. The van der Waals surface area contributed by atoms with E-state index in [4.69, 9.17) is 26.8 Å². The summed E-state index contributed by atoms with van der Waals surface area (Å²) in [7, 11) is 0. The van der Waals surface area contributed by atoms with Gasteiger partial charge in [0.05, 0.1) is 41.3 Å². The van der Waals surface area contributed by atoms with Gasteiger partial charge in [-0.15, -0.1) is 11.3 Å².